The van der Waals surface area contributed by atoms with Crippen molar-refractivity contribution in [1.29, 1.82) is 0 Å². The first kappa shape index (κ1) is 19.6. The molecule has 1 N–H and O–H groups in total. The summed E-state index contributed by atoms with van der Waals surface area (Å²) in [6.07, 6.45) is -6.04. The fraction of sp³-hybridized carbons (Fsp3) is 0.833. The van der Waals surface area contributed by atoms with E-state index in [0.717, 1.165) is 0 Å². The summed E-state index contributed by atoms with van der Waals surface area (Å²) < 4.78 is 66.8. The average Bonchev–Trinajstić information content (AvgIpc) is 2.20. The van der Waals surface area contributed by atoms with Crippen LogP contribution in [-0.2, 0) is 14.3 Å². The van der Waals surface area contributed by atoms with Crippen molar-refractivity contribution in [2.45, 2.75) is 58.4 Å². The minimum absolute atomic E-state index is 0.729. The third kappa shape index (κ3) is 5.47. The number of alkyl halides is 5. The van der Waals surface area contributed by atoms with Crippen LogP contribution in [0.1, 0.15) is 34.6 Å². The second-order valence-corrected chi connectivity index (χ2v) is 5.80. The van der Waals surface area contributed by atoms with E-state index in [1.807, 2.05) is 0 Å². The van der Waals surface area contributed by atoms with E-state index < -0.39 is 41.5 Å². The molecule has 0 spiro atoms. The second-order valence-electron chi connectivity index (χ2n) is 5.80. The molecule has 0 unspecified atom stereocenters. The van der Waals surface area contributed by atoms with Gasteiger partial charge in [0.1, 0.15) is 11.6 Å². The zero-order valence-corrected chi connectivity index (χ0v) is 12.3. The zero-order valence-electron chi connectivity index (χ0n) is 12.3. The lowest BCUT2D eigenvalue weighted by Gasteiger charge is -2.28. The van der Waals surface area contributed by atoms with Gasteiger partial charge in [0, 0.05) is 0 Å². The van der Waals surface area contributed by atoms with Crippen LogP contribution < -0.4 is 5.32 Å². The quantitative estimate of drug-likeness (QED) is 0.640. The SMILES string of the molecule is CC(C)[C@H](NC(=O)C(F)(F)C(F)(F)F)C(=O)OC(C)(C)C. The number of nitrogens with one attached hydrogen (secondary N) is 1. The van der Waals surface area contributed by atoms with E-state index in [4.69, 9.17) is 4.74 Å². The molecule has 0 aliphatic rings. The highest BCUT2D eigenvalue weighted by Gasteiger charge is 2.63. The topological polar surface area (TPSA) is 55.4 Å². The molecule has 0 saturated carbocycles. The maximum atomic E-state index is 12.9. The molecule has 1 atom stereocenters. The van der Waals surface area contributed by atoms with E-state index in [0.29, 0.717) is 0 Å². The van der Waals surface area contributed by atoms with E-state index >= 15 is 0 Å². The minimum Gasteiger partial charge on any atom is -0.458 e. The van der Waals surface area contributed by atoms with Crippen LogP contribution in [0.15, 0.2) is 0 Å². The molecule has 0 aliphatic heterocycles. The number of carbonyl (C=O) groups is 2. The highest BCUT2D eigenvalue weighted by molar-refractivity contribution is 5.89. The summed E-state index contributed by atoms with van der Waals surface area (Å²) in [5.74, 6) is -9.97. The maximum absolute atomic E-state index is 12.9. The number of hydrogen-bond donors (Lipinski definition) is 1. The smallest absolute Gasteiger partial charge is 0.458 e. The zero-order chi connectivity index (χ0) is 17.2. The van der Waals surface area contributed by atoms with Crippen LogP contribution in [0.5, 0.6) is 0 Å². The van der Waals surface area contributed by atoms with Crippen LogP contribution in [0.25, 0.3) is 0 Å². The molecule has 21 heavy (non-hydrogen) atoms. The molecule has 0 heterocycles. The lowest BCUT2D eigenvalue weighted by molar-refractivity contribution is -0.270. The molecule has 0 aromatic rings. The number of ether oxygens (including phenoxy) is 1. The molecular formula is C12H18F5NO3. The first-order chi connectivity index (χ1) is 9.09. The third-order valence-corrected chi connectivity index (χ3v) is 2.26. The van der Waals surface area contributed by atoms with Gasteiger partial charge in [-0.15, -0.1) is 0 Å². The summed E-state index contributed by atoms with van der Waals surface area (Å²) >= 11 is 0. The van der Waals surface area contributed by atoms with Crippen molar-refractivity contribution in [3.63, 3.8) is 0 Å². The Bertz CT molecular complexity index is 399. The molecule has 0 aromatic heterocycles. The molecule has 9 heteroatoms. The van der Waals surface area contributed by atoms with Gasteiger partial charge in [0.2, 0.25) is 0 Å². The number of esters is 1. The fourth-order valence-electron chi connectivity index (χ4n) is 1.22. The van der Waals surface area contributed by atoms with Gasteiger partial charge >= 0.3 is 24.0 Å². The Balaban J connectivity index is 5.13. The van der Waals surface area contributed by atoms with Crippen molar-refractivity contribution in [2.24, 2.45) is 5.92 Å². The summed E-state index contributed by atoms with van der Waals surface area (Å²) in [7, 11) is 0. The summed E-state index contributed by atoms with van der Waals surface area (Å²) in [4.78, 5) is 22.9. The molecule has 0 rings (SSSR count). The number of amides is 1. The van der Waals surface area contributed by atoms with E-state index in [1.165, 1.54) is 39.9 Å². The Morgan fingerprint density at radius 1 is 1.00 bits per heavy atom. The number of carbonyl (C=O) groups excluding carboxylic acids is 2. The average molecular weight is 319 g/mol. The molecule has 0 aromatic carbocycles. The first-order valence-electron chi connectivity index (χ1n) is 6.08. The van der Waals surface area contributed by atoms with Crippen molar-refractivity contribution >= 4 is 11.9 Å². The monoisotopic (exact) mass is 319 g/mol. The highest BCUT2D eigenvalue weighted by atomic mass is 19.4. The normalized spacial score (nSPS) is 14.8. The van der Waals surface area contributed by atoms with Crippen LogP contribution in [-0.4, -0.2) is 35.6 Å². The third-order valence-electron chi connectivity index (χ3n) is 2.26. The van der Waals surface area contributed by atoms with Crippen LogP contribution in [0, 0.1) is 5.92 Å². The summed E-state index contributed by atoms with van der Waals surface area (Å²) in [5.41, 5.74) is -0.971. The molecule has 4 nitrogen and oxygen atoms in total. The van der Waals surface area contributed by atoms with Gasteiger partial charge in [-0.1, -0.05) is 13.8 Å². The Labute approximate surface area is 119 Å². The van der Waals surface area contributed by atoms with Gasteiger partial charge in [-0.3, -0.25) is 4.79 Å². The summed E-state index contributed by atoms with van der Waals surface area (Å²) in [6, 6.07) is -1.61. The van der Waals surface area contributed by atoms with E-state index in [1.54, 1.807) is 0 Å². The molecule has 0 saturated heterocycles. The molecule has 124 valence electrons. The van der Waals surface area contributed by atoms with Crippen molar-refractivity contribution < 1.29 is 36.3 Å². The molecule has 0 fully saturated rings. The maximum Gasteiger partial charge on any atom is 0.463 e. The van der Waals surface area contributed by atoms with Crippen LogP contribution >= 0.6 is 0 Å². The highest BCUT2D eigenvalue weighted by Crippen LogP contribution is 2.35. The van der Waals surface area contributed by atoms with Crippen LogP contribution in [0.2, 0.25) is 0 Å². The van der Waals surface area contributed by atoms with Gasteiger partial charge in [-0.25, -0.2) is 4.79 Å². The van der Waals surface area contributed by atoms with Gasteiger partial charge in [0.05, 0.1) is 0 Å². The minimum atomic E-state index is -6.04. The Morgan fingerprint density at radius 2 is 1.43 bits per heavy atom. The van der Waals surface area contributed by atoms with Crippen molar-refractivity contribution in [1.82, 2.24) is 5.32 Å². The summed E-state index contributed by atoms with van der Waals surface area (Å²) in [5, 5.41) is 1.40. The lowest BCUT2D eigenvalue weighted by atomic mass is 10.0. The Hall–Kier alpha value is -1.41. The number of hydrogen-bond acceptors (Lipinski definition) is 3. The van der Waals surface area contributed by atoms with Crippen molar-refractivity contribution in [2.75, 3.05) is 0 Å². The van der Waals surface area contributed by atoms with Crippen molar-refractivity contribution in [3.05, 3.63) is 0 Å². The van der Waals surface area contributed by atoms with Crippen LogP contribution in [0.4, 0.5) is 22.0 Å². The Morgan fingerprint density at radius 3 is 1.71 bits per heavy atom. The van der Waals surface area contributed by atoms with Gasteiger partial charge in [-0.2, -0.15) is 22.0 Å². The molecule has 0 radical (unpaired) electrons. The number of halogens is 5. The molecular weight excluding hydrogens is 301 g/mol. The second kappa shape index (κ2) is 6.15. The lowest BCUT2D eigenvalue weighted by Crippen LogP contribution is -2.56. The van der Waals surface area contributed by atoms with Crippen LogP contribution in [0.3, 0.4) is 0 Å². The Kier molecular flexibility index (Phi) is 5.73. The molecule has 0 bridgehead atoms. The molecule has 1 amide bonds. The van der Waals surface area contributed by atoms with E-state index in [2.05, 4.69) is 0 Å². The molecule has 0 aliphatic carbocycles. The van der Waals surface area contributed by atoms with Gasteiger partial charge < -0.3 is 10.1 Å². The van der Waals surface area contributed by atoms with E-state index in [-0.39, 0.29) is 0 Å². The van der Waals surface area contributed by atoms with E-state index in [9.17, 15) is 31.5 Å². The summed E-state index contributed by atoms with van der Waals surface area (Å²) in [6.45, 7) is 7.23. The predicted octanol–water partition coefficient (Wildman–Crippen LogP) is 2.67. The first-order valence-corrected chi connectivity index (χ1v) is 6.08. The van der Waals surface area contributed by atoms with Gasteiger partial charge in [0.15, 0.2) is 0 Å². The standard InChI is InChI=1S/C12H18F5NO3/c1-6(2)7(8(19)21-10(3,4)5)18-9(20)11(13,14)12(15,16)17/h6-7H,1-5H3,(H,18,20)/t7-/m0/s1. The van der Waals surface area contributed by atoms with Gasteiger partial charge in [0.25, 0.3) is 0 Å². The number of rotatable bonds is 4. The predicted molar refractivity (Wildman–Crippen MR) is 63.6 cm³/mol. The van der Waals surface area contributed by atoms with Crippen molar-refractivity contribution in [3.8, 4) is 0 Å². The fourth-order valence-corrected chi connectivity index (χ4v) is 1.22. The largest absolute Gasteiger partial charge is 0.463 e. The van der Waals surface area contributed by atoms with Gasteiger partial charge in [-0.05, 0) is 26.7 Å².